The highest BCUT2D eigenvalue weighted by molar-refractivity contribution is 9.09. The lowest BCUT2D eigenvalue weighted by atomic mass is 10.2. The molecule has 1 rings (SSSR count). The van der Waals surface area contributed by atoms with E-state index in [-0.39, 0.29) is 10.9 Å². The number of alkyl halides is 1. The van der Waals surface area contributed by atoms with Crippen molar-refractivity contribution in [3.8, 4) is 0 Å². The van der Waals surface area contributed by atoms with Crippen LogP contribution in [-0.2, 0) is 10.0 Å². The second-order valence-electron chi connectivity index (χ2n) is 4.23. The number of nitrogens with zero attached hydrogens (tertiary/aromatic N) is 1. The van der Waals surface area contributed by atoms with Gasteiger partial charge in [0, 0.05) is 17.9 Å². The lowest BCUT2D eigenvalue weighted by Gasteiger charge is -2.29. The first-order chi connectivity index (χ1) is 8.97. The van der Waals surface area contributed by atoms with Gasteiger partial charge in [-0.25, -0.2) is 12.8 Å². The van der Waals surface area contributed by atoms with Crippen molar-refractivity contribution >= 4 is 26.0 Å². The summed E-state index contributed by atoms with van der Waals surface area (Å²) in [6.45, 7) is 4.34. The molecule has 0 fully saturated rings. The molecular weight excluding hydrogens is 333 g/mol. The smallest absolute Gasteiger partial charge is 0.207 e. The van der Waals surface area contributed by atoms with Gasteiger partial charge in [0.1, 0.15) is 5.82 Å². The summed E-state index contributed by atoms with van der Waals surface area (Å²) in [7, 11) is -3.57. The molecule has 0 unspecified atom stereocenters. The minimum atomic E-state index is -3.57. The van der Waals surface area contributed by atoms with E-state index in [1.165, 1.54) is 28.6 Å². The van der Waals surface area contributed by atoms with Crippen molar-refractivity contribution in [2.24, 2.45) is 0 Å². The Morgan fingerprint density at radius 3 is 2.16 bits per heavy atom. The molecule has 0 aliphatic carbocycles. The van der Waals surface area contributed by atoms with Gasteiger partial charge in [-0.3, -0.25) is 0 Å². The molecule has 108 valence electrons. The Labute approximate surface area is 123 Å². The van der Waals surface area contributed by atoms with E-state index in [0.29, 0.717) is 11.9 Å². The lowest BCUT2D eigenvalue weighted by Crippen LogP contribution is -2.40. The van der Waals surface area contributed by atoms with E-state index in [2.05, 4.69) is 15.9 Å². The minimum absolute atomic E-state index is 0.0346. The molecule has 19 heavy (non-hydrogen) atoms. The molecule has 6 heteroatoms. The quantitative estimate of drug-likeness (QED) is 0.706. The van der Waals surface area contributed by atoms with Crippen molar-refractivity contribution in [3.63, 3.8) is 0 Å². The Morgan fingerprint density at radius 2 is 1.74 bits per heavy atom. The van der Waals surface area contributed by atoms with Crippen LogP contribution in [0, 0.1) is 5.82 Å². The van der Waals surface area contributed by atoms with Crippen molar-refractivity contribution in [2.45, 2.75) is 37.6 Å². The number of hydrogen-bond acceptors (Lipinski definition) is 2. The van der Waals surface area contributed by atoms with Gasteiger partial charge >= 0.3 is 0 Å². The third-order valence-corrected chi connectivity index (χ3v) is 5.40. The van der Waals surface area contributed by atoms with Crippen LogP contribution >= 0.6 is 15.9 Å². The molecule has 0 saturated carbocycles. The third kappa shape index (κ3) is 4.00. The second kappa shape index (κ2) is 7.36. The van der Waals surface area contributed by atoms with Gasteiger partial charge in [-0.05, 0) is 37.1 Å². The second-order valence-corrected chi connectivity index (χ2v) is 6.91. The molecule has 0 spiro atoms. The van der Waals surface area contributed by atoms with E-state index >= 15 is 0 Å². The minimum Gasteiger partial charge on any atom is -0.207 e. The van der Waals surface area contributed by atoms with Crippen LogP contribution < -0.4 is 0 Å². The third-order valence-electron chi connectivity index (χ3n) is 3.07. The zero-order chi connectivity index (χ0) is 14.5. The van der Waals surface area contributed by atoms with Crippen molar-refractivity contribution in [1.82, 2.24) is 4.31 Å². The summed E-state index contributed by atoms with van der Waals surface area (Å²) >= 11 is 3.29. The van der Waals surface area contributed by atoms with Crippen LogP contribution in [0.3, 0.4) is 0 Å². The molecule has 0 amide bonds. The first-order valence-electron chi connectivity index (χ1n) is 6.30. The summed E-state index contributed by atoms with van der Waals surface area (Å²) in [5, 5.41) is 0.573. The largest absolute Gasteiger partial charge is 0.243 e. The van der Waals surface area contributed by atoms with Gasteiger partial charge in [-0.15, -0.1) is 0 Å². The highest BCUT2D eigenvalue weighted by atomic mass is 79.9. The van der Waals surface area contributed by atoms with Gasteiger partial charge in [0.2, 0.25) is 10.0 Å². The number of rotatable bonds is 7. The van der Waals surface area contributed by atoms with Gasteiger partial charge in [-0.1, -0.05) is 29.8 Å². The highest BCUT2D eigenvalue weighted by Crippen LogP contribution is 2.21. The fourth-order valence-corrected chi connectivity index (χ4v) is 4.41. The van der Waals surface area contributed by atoms with Crippen LogP contribution in [0.4, 0.5) is 4.39 Å². The van der Waals surface area contributed by atoms with Crippen LogP contribution in [0.15, 0.2) is 29.2 Å². The maximum Gasteiger partial charge on any atom is 0.243 e. The van der Waals surface area contributed by atoms with Crippen LogP contribution in [0.2, 0.25) is 0 Å². The average molecular weight is 352 g/mol. The SMILES string of the molecule is CCC(CC)N(CCBr)S(=O)(=O)c1ccc(F)cc1. The van der Waals surface area contributed by atoms with Gasteiger partial charge < -0.3 is 0 Å². The molecule has 0 N–H and O–H groups in total. The average Bonchev–Trinajstić information content (AvgIpc) is 2.39. The topological polar surface area (TPSA) is 37.4 Å². The van der Waals surface area contributed by atoms with Gasteiger partial charge in [0.05, 0.1) is 4.90 Å². The van der Waals surface area contributed by atoms with Gasteiger partial charge in [0.15, 0.2) is 0 Å². The predicted octanol–water partition coefficient (Wildman–Crippen LogP) is 3.40. The molecule has 0 bridgehead atoms. The zero-order valence-corrected chi connectivity index (χ0v) is 13.5. The monoisotopic (exact) mass is 351 g/mol. The van der Waals surface area contributed by atoms with Crippen molar-refractivity contribution in [3.05, 3.63) is 30.1 Å². The van der Waals surface area contributed by atoms with E-state index < -0.39 is 15.8 Å². The zero-order valence-electron chi connectivity index (χ0n) is 11.1. The molecule has 3 nitrogen and oxygen atoms in total. The van der Waals surface area contributed by atoms with E-state index in [9.17, 15) is 12.8 Å². The molecule has 0 atom stereocenters. The van der Waals surface area contributed by atoms with Gasteiger partial charge in [-0.2, -0.15) is 4.31 Å². The normalized spacial score (nSPS) is 12.3. The van der Waals surface area contributed by atoms with Crippen molar-refractivity contribution in [1.29, 1.82) is 0 Å². The van der Waals surface area contributed by atoms with Crippen LogP contribution in [0.1, 0.15) is 26.7 Å². The summed E-state index contributed by atoms with van der Waals surface area (Å²) in [5.74, 6) is -0.437. The molecule has 0 aliphatic rings. The lowest BCUT2D eigenvalue weighted by molar-refractivity contribution is 0.317. The summed E-state index contributed by atoms with van der Waals surface area (Å²) < 4.78 is 39.5. The maximum atomic E-state index is 12.9. The van der Waals surface area contributed by atoms with E-state index in [0.717, 1.165) is 12.8 Å². The summed E-state index contributed by atoms with van der Waals surface area (Å²) in [6, 6.07) is 4.94. The summed E-state index contributed by atoms with van der Waals surface area (Å²) in [4.78, 5) is 0.141. The van der Waals surface area contributed by atoms with E-state index in [1.807, 2.05) is 13.8 Å². The number of halogens is 2. The first-order valence-corrected chi connectivity index (χ1v) is 8.86. The Balaban J connectivity index is 3.15. The first kappa shape index (κ1) is 16.6. The number of benzene rings is 1. The van der Waals surface area contributed by atoms with Crippen LogP contribution in [0.5, 0.6) is 0 Å². The maximum absolute atomic E-state index is 12.9. The van der Waals surface area contributed by atoms with Gasteiger partial charge in [0.25, 0.3) is 0 Å². The van der Waals surface area contributed by atoms with Crippen molar-refractivity contribution in [2.75, 3.05) is 11.9 Å². The standard InChI is InChI=1S/C13H19BrFNO2S/c1-3-12(4-2)16(10-9-14)19(17,18)13-7-5-11(15)6-8-13/h5-8,12H,3-4,9-10H2,1-2H3. The predicted molar refractivity (Wildman–Crippen MR) is 78.5 cm³/mol. The molecule has 0 aromatic heterocycles. The fraction of sp³-hybridized carbons (Fsp3) is 0.538. The summed E-state index contributed by atoms with van der Waals surface area (Å²) in [5.41, 5.74) is 0. The van der Waals surface area contributed by atoms with Crippen molar-refractivity contribution < 1.29 is 12.8 Å². The summed E-state index contributed by atoms with van der Waals surface area (Å²) in [6.07, 6.45) is 1.51. The molecule has 1 aromatic carbocycles. The number of hydrogen-bond donors (Lipinski definition) is 0. The Bertz CT molecular complexity index is 486. The Morgan fingerprint density at radius 1 is 1.21 bits per heavy atom. The van der Waals surface area contributed by atoms with Crippen LogP contribution in [-0.4, -0.2) is 30.6 Å². The molecular formula is C13H19BrFNO2S. The molecule has 0 radical (unpaired) electrons. The Kier molecular flexibility index (Phi) is 6.42. The van der Waals surface area contributed by atoms with E-state index in [1.54, 1.807) is 0 Å². The molecule has 0 heterocycles. The molecule has 0 aliphatic heterocycles. The van der Waals surface area contributed by atoms with Crippen LogP contribution in [0.25, 0.3) is 0 Å². The highest BCUT2D eigenvalue weighted by Gasteiger charge is 2.29. The fourth-order valence-electron chi connectivity index (χ4n) is 2.02. The molecule has 0 saturated heterocycles. The van der Waals surface area contributed by atoms with E-state index in [4.69, 9.17) is 0 Å². The Hall–Kier alpha value is -0.460. The molecule has 1 aromatic rings. The number of sulfonamides is 1.